The predicted molar refractivity (Wildman–Crippen MR) is 129 cm³/mol. The Bertz CT molecular complexity index is 1240. The molecule has 2 N–H and O–H groups in total. The summed E-state index contributed by atoms with van der Waals surface area (Å²) in [4.78, 5) is 31.4. The molecule has 0 unspecified atom stereocenters. The molecule has 4 heterocycles. The molecule has 5 rings (SSSR count). The number of aryl methyl sites for hydroxylation is 2. The summed E-state index contributed by atoms with van der Waals surface area (Å²) in [5, 5.41) is 4.47. The van der Waals surface area contributed by atoms with E-state index in [0.29, 0.717) is 18.3 Å². The molecule has 3 aromatic heterocycles. The maximum atomic E-state index is 12.9. The number of hydrogen-bond donors (Lipinski definition) is 2. The normalized spacial score (nSPS) is 14.5. The van der Waals surface area contributed by atoms with Gasteiger partial charge in [0.1, 0.15) is 0 Å². The molecule has 1 saturated heterocycles. The maximum Gasteiger partial charge on any atom is 0.227 e. The van der Waals surface area contributed by atoms with Gasteiger partial charge in [-0.25, -0.2) is 9.97 Å². The van der Waals surface area contributed by atoms with Crippen molar-refractivity contribution >= 4 is 28.4 Å². The van der Waals surface area contributed by atoms with E-state index in [0.717, 1.165) is 54.9 Å². The van der Waals surface area contributed by atoms with Crippen molar-refractivity contribution in [2.45, 2.75) is 38.5 Å². The second-order valence-corrected chi connectivity index (χ2v) is 8.63. The van der Waals surface area contributed by atoms with Gasteiger partial charge >= 0.3 is 0 Å². The maximum absolute atomic E-state index is 12.9. The Morgan fingerprint density at radius 2 is 1.91 bits per heavy atom. The number of carbonyl (C=O) groups is 1. The fraction of sp³-hybridized carbons (Fsp3) is 0.308. The van der Waals surface area contributed by atoms with Gasteiger partial charge in [-0.3, -0.25) is 9.78 Å². The number of pyridine rings is 1. The quantitative estimate of drug-likeness (QED) is 0.452. The summed E-state index contributed by atoms with van der Waals surface area (Å²) in [5.41, 5.74) is 5.31. The molecule has 0 spiro atoms. The topological polar surface area (TPSA) is 86.8 Å². The van der Waals surface area contributed by atoms with Crippen molar-refractivity contribution < 1.29 is 4.79 Å². The van der Waals surface area contributed by atoms with E-state index in [2.05, 4.69) is 38.5 Å². The average molecular weight is 441 g/mol. The van der Waals surface area contributed by atoms with E-state index in [1.165, 1.54) is 10.9 Å². The second-order valence-electron chi connectivity index (χ2n) is 8.63. The molecule has 1 aromatic carbocycles. The molecule has 1 amide bonds. The fourth-order valence-electron chi connectivity index (χ4n) is 4.63. The number of hydrogen-bond acceptors (Lipinski definition) is 5. The molecule has 0 bridgehead atoms. The van der Waals surface area contributed by atoms with E-state index in [9.17, 15) is 4.79 Å². The molecule has 0 saturated carbocycles. The van der Waals surface area contributed by atoms with Gasteiger partial charge in [-0.05, 0) is 56.0 Å². The van der Waals surface area contributed by atoms with Crippen molar-refractivity contribution in [3.05, 3.63) is 78.0 Å². The predicted octanol–water partition coefficient (Wildman–Crippen LogP) is 4.74. The summed E-state index contributed by atoms with van der Waals surface area (Å²) in [6.45, 7) is 3.55. The number of fused-ring (bicyclic) bond motifs is 1. The van der Waals surface area contributed by atoms with Crippen molar-refractivity contribution in [1.29, 1.82) is 0 Å². The first-order valence-electron chi connectivity index (χ1n) is 11.5. The molecule has 4 aromatic rings. The molecule has 0 atom stereocenters. The molecular weight excluding hydrogens is 412 g/mol. The van der Waals surface area contributed by atoms with E-state index >= 15 is 0 Å². The van der Waals surface area contributed by atoms with E-state index in [-0.39, 0.29) is 5.91 Å². The van der Waals surface area contributed by atoms with Crippen LogP contribution in [-0.4, -0.2) is 43.8 Å². The Kier molecular flexibility index (Phi) is 6.02. The SMILES string of the molecule is Cc1cc(Nc2ncccn2)cc(C2CCN(C(=O)CCc3c[nH]c4ccccc34)CC2)n1. The summed E-state index contributed by atoms with van der Waals surface area (Å²) in [6.07, 6.45) is 8.62. The number of aromatic amines is 1. The van der Waals surface area contributed by atoms with E-state index < -0.39 is 0 Å². The zero-order chi connectivity index (χ0) is 22.6. The Hall–Kier alpha value is -3.74. The highest BCUT2D eigenvalue weighted by atomic mass is 16.2. The summed E-state index contributed by atoms with van der Waals surface area (Å²) in [7, 11) is 0. The molecule has 0 radical (unpaired) electrons. The zero-order valence-corrected chi connectivity index (χ0v) is 18.8. The molecule has 7 nitrogen and oxygen atoms in total. The number of carbonyl (C=O) groups excluding carboxylic acids is 1. The Balaban J connectivity index is 1.18. The number of anilines is 2. The van der Waals surface area contributed by atoms with Crippen LogP contribution in [0.2, 0.25) is 0 Å². The number of nitrogens with one attached hydrogen (secondary N) is 2. The Labute approximate surface area is 193 Å². The van der Waals surface area contributed by atoms with Gasteiger partial charge in [0, 0.05) is 72.0 Å². The van der Waals surface area contributed by atoms with Crippen LogP contribution in [0.15, 0.2) is 61.1 Å². The summed E-state index contributed by atoms with van der Waals surface area (Å²) in [6, 6.07) is 14.1. The summed E-state index contributed by atoms with van der Waals surface area (Å²) >= 11 is 0. The van der Waals surface area contributed by atoms with Crippen LogP contribution in [0.4, 0.5) is 11.6 Å². The van der Waals surface area contributed by atoms with Gasteiger partial charge < -0.3 is 15.2 Å². The van der Waals surface area contributed by atoms with Gasteiger partial charge in [0.25, 0.3) is 0 Å². The van der Waals surface area contributed by atoms with Gasteiger partial charge in [-0.2, -0.15) is 0 Å². The molecule has 7 heteroatoms. The standard InChI is InChI=1S/C26H28N6O/c1-18-15-21(31-26-27-11-4-12-28-26)16-24(30-18)19-9-13-32(14-10-19)25(33)8-7-20-17-29-23-6-3-2-5-22(20)23/h2-6,11-12,15-17,19,29H,7-10,13-14H2,1H3,(H,27,28,30,31). The molecule has 33 heavy (non-hydrogen) atoms. The number of amides is 1. The van der Waals surface area contributed by atoms with Crippen LogP contribution in [0, 0.1) is 6.92 Å². The third kappa shape index (κ3) is 4.87. The number of benzene rings is 1. The molecular formula is C26H28N6O. The van der Waals surface area contributed by atoms with Crippen LogP contribution in [0.25, 0.3) is 10.9 Å². The second kappa shape index (κ2) is 9.40. The molecule has 168 valence electrons. The minimum absolute atomic E-state index is 0.236. The minimum atomic E-state index is 0.236. The van der Waals surface area contributed by atoms with E-state index in [4.69, 9.17) is 4.98 Å². The third-order valence-electron chi connectivity index (χ3n) is 6.34. The Morgan fingerprint density at radius 3 is 2.73 bits per heavy atom. The van der Waals surface area contributed by atoms with Crippen LogP contribution in [0.5, 0.6) is 0 Å². The first kappa shape index (κ1) is 21.1. The smallest absolute Gasteiger partial charge is 0.227 e. The van der Waals surface area contributed by atoms with E-state index in [1.807, 2.05) is 36.2 Å². The number of aromatic nitrogens is 4. The van der Waals surface area contributed by atoms with Gasteiger partial charge in [-0.15, -0.1) is 0 Å². The van der Waals surface area contributed by atoms with Crippen LogP contribution < -0.4 is 5.32 Å². The van der Waals surface area contributed by atoms with Crippen molar-refractivity contribution in [2.24, 2.45) is 0 Å². The highest BCUT2D eigenvalue weighted by Crippen LogP contribution is 2.30. The third-order valence-corrected chi connectivity index (χ3v) is 6.34. The van der Waals surface area contributed by atoms with Gasteiger partial charge in [0.2, 0.25) is 11.9 Å². The first-order chi connectivity index (χ1) is 16.2. The summed E-state index contributed by atoms with van der Waals surface area (Å²) in [5.74, 6) is 1.16. The van der Waals surface area contributed by atoms with Crippen molar-refractivity contribution in [1.82, 2.24) is 24.8 Å². The number of rotatable bonds is 6. The molecule has 1 fully saturated rings. The molecule has 1 aliphatic heterocycles. The highest BCUT2D eigenvalue weighted by Gasteiger charge is 2.25. The number of para-hydroxylation sites is 1. The molecule has 0 aliphatic carbocycles. The average Bonchev–Trinajstić information content (AvgIpc) is 3.26. The van der Waals surface area contributed by atoms with Crippen LogP contribution >= 0.6 is 0 Å². The minimum Gasteiger partial charge on any atom is -0.361 e. The lowest BCUT2D eigenvalue weighted by Gasteiger charge is -2.32. The lowest BCUT2D eigenvalue weighted by atomic mass is 9.92. The number of piperidine rings is 1. The van der Waals surface area contributed by atoms with Crippen molar-refractivity contribution in [3.63, 3.8) is 0 Å². The number of H-pyrrole nitrogens is 1. The van der Waals surface area contributed by atoms with Crippen LogP contribution in [0.1, 0.15) is 42.1 Å². The monoisotopic (exact) mass is 440 g/mol. The van der Waals surface area contributed by atoms with Gasteiger partial charge in [0.05, 0.1) is 0 Å². The lowest BCUT2D eigenvalue weighted by Crippen LogP contribution is -2.38. The van der Waals surface area contributed by atoms with Crippen molar-refractivity contribution in [2.75, 3.05) is 18.4 Å². The largest absolute Gasteiger partial charge is 0.361 e. The van der Waals surface area contributed by atoms with Gasteiger partial charge in [-0.1, -0.05) is 18.2 Å². The highest BCUT2D eigenvalue weighted by molar-refractivity contribution is 5.84. The first-order valence-corrected chi connectivity index (χ1v) is 11.5. The van der Waals surface area contributed by atoms with Crippen LogP contribution in [-0.2, 0) is 11.2 Å². The lowest BCUT2D eigenvalue weighted by molar-refractivity contribution is -0.132. The fourth-order valence-corrected chi connectivity index (χ4v) is 4.63. The summed E-state index contributed by atoms with van der Waals surface area (Å²) < 4.78 is 0. The van der Waals surface area contributed by atoms with Crippen LogP contribution in [0.3, 0.4) is 0 Å². The molecule has 1 aliphatic rings. The Morgan fingerprint density at radius 1 is 1.12 bits per heavy atom. The van der Waals surface area contributed by atoms with E-state index in [1.54, 1.807) is 18.5 Å². The van der Waals surface area contributed by atoms with Gasteiger partial charge in [0.15, 0.2) is 0 Å². The zero-order valence-electron chi connectivity index (χ0n) is 18.8. The van der Waals surface area contributed by atoms with Crippen molar-refractivity contribution in [3.8, 4) is 0 Å². The number of likely N-dealkylation sites (tertiary alicyclic amines) is 1. The number of nitrogens with zero attached hydrogens (tertiary/aromatic N) is 4.